The van der Waals surface area contributed by atoms with Crippen molar-refractivity contribution in [2.24, 2.45) is 11.8 Å². The van der Waals surface area contributed by atoms with Crippen LogP contribution in [0.5, 0.6) is 0 Å². The zero-order valence-electron chi connectivity index (χ0n) is 6.75. The van der Waals surface area contributed by atoms with Gasteiger partial charge in [0, 0.05) is 5.92 Å². The fraction of sp³-hybridized carbons (Fsp3) is 0.778. The molecule has 2 bridgehead atoms. The number of fused-ring (bicyclic) bond motifs is 2. The molecule has 3 fully saturated rings. The van der Waals surface area contributed by atoms with Crippen LogP contribution < -0.4 is 0 Å². The third-order valence-corrected chi connectivity index (χ3v) is 3.38. The molecule has 0 spiro atoms. The zero-order valence-corrected chi connectivity index (χ0v) is 6.75. The Morgan fingerprint density at radius 1 is 1.55 bits per heavy atom. The molecule has 2 heteroatoms. The van der Waals surface area contributed by atoms with Crippen molar-refractivity contribution in [1.29, 1.82) is 0 Å². The Kier molecular flexibility index (Phi) is 1.25. The minimum absolute atomic E-state index is 0.149. The quantitative estimate of drug-likeness (QED) is 0.504. The first kappa shape index (κ1) is 7.32. The van der Waals surface area contributed by atoms with E-state index in [1.807, 2.05) is 0 Å². The molecule has 0 aromatic carbocycles. The Morgan fingerprint density at radius 3 is 2.55 bits per heavy atom. The lowest BCUT2D eigenvalue weighted by atomic mass is 9.54. The van der Waals surface area contributed by atoms with Crippen molar-refractivity contribution >= 4 is 0 Å². The summed E-state index contributed by atoms with van der Waals surface area (Å²) < 4.78 is 0. The zero-order chi connectivity index (χ0) is 8.22. The van der Waals surface area contributed by atoms with E-state index >= 15 is 0 Å². The fourth-order valence-corrected chi connectivity index (χ4v) is 2.31. The average Bonchev–Trinajstić information content (AvgIpc) is 1.92. The van der Waals surface area contributed by atoms with Gasteiger partial charge in [-0.05, 0) is 25.7 Å². The Morgan fingerprint density at radius 2 is 2.18 bits per heavy atom. The van der Waals surface area contributed by atoms with E-state index in [4.69, 9.17) is 0 Å². The van der Waals surface area contributed by atoms with Crippen molar-refractivity contribution in [3.8, 4) is 0 Å². The van der Waals surface area contributed by atoms with Gasteiger partial charge >= 0.3 is 0 Å². The highest BCUT2D eigenvalue weighted by Gasteiger charge is 2.54. The first-order chi connectivity index (χ1) is 5.03. The molecule has 3 rings (SSSR count). The molecule has 0 aromatic heterocycles. The minimum atomic E-state index is -0.911. The van der Waals surface area contributed by atoms with Crippen LogP contribution in [0.25, 0.3) is 0 Å². The third-order valence-electron chi connectivity index (χ3n) is 3.38. The summed E-state index contributed by atoms with van der Waals surface area (Å²) in [6.07, 6.45) is 1.17. The molecule has 0 aliphatic heterocycles. The molecule has 0 aromatic rings. The lowest BCUT2D eigenvalue weighted by Crippen LogP contribution is -2.58. The highest BCUT2D eigenvalue weighted by molar-refractivity contribution is 5.26. The lowest BCUT2D eigenvalue weighted by molar-refractivity contribution is -0.152. The summed E-state index contributed by atoms with van der Waals surface area (Å²) in [6.45, 7) is 5.62. The molecule has 2 N–H and O–H groups in total. The number of hydrogen-bond acceptors (Lipinski definition) is 2. The molecule has 4 unspecified atom stereocenters. The van der Waals surface area contributed by atoms with E-state index in [1.54, 1.807) is 6.92 Å². The van der Waals surface area contributed by atoms with Gasteiger partial charge in [-0.1, -0.05) is 12.2 Å². The molecule has 2 nitrogen and oxygen atoms in total. The van der Waals surface area contributed by atoms with Crippen molar-refractivity contribution in [3.63, 3.8) is 0 Å². The van der Waals surface area contributed by atoms with E-state index in [-0.39, 0.29) is 5.92 Å². The van der Waals surface area contributed by atoms with Gasteiger partial charge < -0.3 is 10.2 Å². The van der Waals surface area contributed by atoms with E-state index < -0.39 is 11.7 Å². The first-order valence-corrected chi connectivity index (χ1v) is 4.12. The lowest BCUT2D eigenvalue weighted by Gasteiger charge is -2.54. The molecule has 0 heterocycles. The number of aliphatic hydroxyl groups is 2. The van der Waals surface area contributed by atoms with Crippen LogP contribution in [0.1, 0.15) is 19.8 Å². The SMILES string of the molecule is C=C1C2CC(O)C(C)(O)C1C2. The first-order valence-electron chi connectivity index (χ1n) is 4.12. The molecule has 62 valence electrons. The normalized spacial score (nSPS) is 55.5. The Labute approximate surface area is 66.5 Å². The summed E-state index contributed by atoms with van der Waals surface area (Å²) >= 11 is 0. The average molecular weight is 154 g/mol. The molecule has 0 saturated heterocycles. The summed E-state index contributed by atoms with van der Waals surface area (Å²) in [5, 5.41) is 19.3. The van der Waals surface area contributed by atoms with E-state index in [0.717, 1.165) is 12.0 Å². The second-order valence-electron chi connectivity index (χ2n) is 4.04. The van der Waals surface area contributed by atoms with Gasteiger partial charge in [-0.2, -0.15) is 0 Å². The molecule has 0 amide bonds. The van der Waals surface area contributed by atoms with Crippen LogP contribution >= 0.6 is 0 Å². The summed E-state index contributed by atoms with van der Waals surface area (Å²) in [5.41, 5.74) is 0.228. The van der Waals surface area contributed by atoms with Gasteiger partial charge in [0.2, 0.25) is 0 Å². The highest BCUT2D eigenvalue weighted by atomic mass is 16.3. The van der Waals surface area contributed by atoms with Crippen LogP contribution in [0, 0.1) is 11.8 Å². The van der Waals surface area contributed by atoms with Crippen molar-refractivity contribution in [3.05, 3.63) is 12.2 Å². The summed E-state index contributed by atoms with van der Waals surface area (Å²) in [4.78, 5) is 0. The minimum Gasteiger partial charge on any atom is -0.390 e. The van der Waals surface area contributed by atoms with Crippen LogP contribution in [0.4, 0.5) is 0 Å². The predicted octanol–water partition coefficient (Wildman–Crippen LogP) is 0.694. The molecule has 3 aliphatic rings. The summed E-state index contributed by atoms with van der Waals surface area (Å²) in [7, 11) is 0. The topological polar surface area (TPSA) is 40.5 Å². The smallest absolute Gasteiger partial charge is 0.0942 e. The van der Waals surface area contributed by atoms with Crippen LogP contribution in [0.3, 0.4) is 0 Å². The maximum Gasteiger partial charge on any atom is 0.0942 e. The largest absolute Gasteiger partial charge is 0.390 e. The molecule has 0 radical (unpaired) electrons. The van der Waals surface area contributed by atoms with Gasteiger partial charge in [0.25, 0.3) is 0 Å². The van der Waals surface area contributed by atoms with Crippen LogP contribution in [0.15, 0.2) is 12.2 Å². The maximum absolute atomic E-state index is 9.81. The Bertz CT molecular complexity index is 208. The van der Waals surface area contributed by atoms with Gasteiger partial charge in [0.1, 0.15) is 0 Å². The Hall–Kier alpha value is -0.340. The van der Waals surface area contributed by atoms with Crippen molar-refractivity contribution in [2.45, 2.75) is 31.5 Å². The van der Waals surface area contributed by atoms with E-state index in [2.05, 4.69) is 6.58 Å². The van der Waals surface area contributed by atoms with Gasteiger partial charge in [0.05, 0.1) is 11.7 Å². The second kappa shape index (κ2) is 1.87. The van der Waals surface area contributed by atoms with Gasteiger partial charge in [-0.3, -0.25) is 0 Å². The van der Waals surface area contributed by atoms with Gasteiger partial charge in [0.15, 0.2) is 0 Å². The monoisotopic (exact) mass is 154 g/mol. The molecule has 11 heavy (non-hydrogen) atoms. The molecular formula is C9H14O2. The molecule has 4 atom stereocenters. The number of hydrogen-bond donors (Lipinski definition) is 2. The number of rotatable bonds is 0. The summed E-state index contributed by atoms with van der Waals surface area (Å²) in [5.74, 6) is 0.631. The Balaban J connectivity index is 2.26. The molecule has 3 aliphatic carbocycles. The van der Waals surface area contributed by atoms with Crippen LogP contribution in [-0.2, 0) is 0 Å². The van der Waals surface area contributed by atoms with Crippen molar-refractivity contribution in [1.82, 2.24) is 0 Å². The molecular weight excluding hydrogens is 140 g/mol. The third kappa shape index (κ3) is 0.741. The second-order valence-corrected chi connectivity index (χ2v) is 4.04. The van der Waals surface area contributed by atoms with E-state index in [9.17, 15) is 10.2 Å². The predicted molar refractivity (Wildman–Crippen MR) is 42.0 cm³/mol. The number of aliphatic hydroxyl groups excluding tert-OH is 1. The maximum atomic E-state index is 9.81. The van der Waals surface area contributed by atoms with E-state index in [0.29, 0.717) is 12.3 Å². The van der Waals surface area contributed by atoms with E-state index in [1.165, 1.54) is 0 Å². The fourth-order valence-electron chi connectivity index (χ4n) is 2.31. The van der Waals surface area contributed by atoms with Crippen molar-refractivity contribution < 1.29 is 10.2 Å². The van der Waals surface area contributed by atoms with Crippen LogP contribution in [0.2, 0.25) is 0 Å². The van der Waals surface area contributed by atoms with Gasteiger partial charge in [-0.25, -0.2) is 0 Å². The standard InChI is InChI=1S/C9H14O2/c1-5-6-3-7(5)9(2,11)8(10)4-6/h6-8,10-11H,1,3-4H2,2H3. The highest BCUT2D eigenvalue weighted by Crippen LogP contribution is 2.53. The molecule has 3 saturated carbocycles. The summed E-state index contributed by atoms with van der Waals surface area (Å²) in [6, 6.07) is 0. The van der Waals surface area contributed by atoms with Crippen LogP contribution in [-0.4, -0.2) is 21.9 Å². The van der Waals surface area contributed by atoms with Gasteiger partial charge in [-0.15, -0.1) is 0 Å². The van der Waals surface area contributed by atoms with Crippen molar-refractivity contribution in [2.75, 3.05) is 0 Å².